The van der Waals surface area contributed by atoms with Crippen LogP contribution in [0.4, 0.5) is 40.1 Å². The summed E-state index contributed by atoms with van der Waals surface area (Å²) in [6, 6.07) is 12.9. The Kier molecular flexibility index (Phi) is 5.66. The van der Waals surface area contributed by atoms with Crippen LogP contribution in [0.25, 0.3) is 0 Å². The molecule has 0 unspecified atom stereocenters. The maximum Gasteiger partial charge on any atom is 0.341 e. The summed E-state index contributed by atoms with van der Waals surface area (Å²) in [4.78, 5) is 25.5. The second-order valence-corrected chi connectivity index (χ2v) is 6.46. The van der Waals surface area contributed by atoms with Gasteiger partial charge < -0.3 is 16.4 Å². The lowest BCUT2D eigenvalue weighted by Crippen LogP contribution is -2.10. The van der Waals surface area contributed by atoms with Gasteiger partial charge in [-0.1, -0.05) is 47.5 Å². The number of halogens is 2. The van der Waals surface area contributed by atoms with Gasteiger partial charge in [0.25, 0.3) is 0 Å². The highest BCUT2D eigenvalue weighted by atomic mass is 35.5. The second-order valence-electron chi connectivity index (χ2n) is 5.64. The van der Waals surface area contributed by atoms with Gasteiger partial charge in [-0.05, 0) is 24.3 Å². The van der Waals surface area contributed by atoms with E-state index in [1.54, 1.807) is 48.5 Å². The van der Waals surface area contributed by atoms with E-state index in [0.29, 0.717) is 11.4 Å². The van der Waals surface area contributed by atoms with Gasteiger partial charge >= 0.3 is 11.4 Å². The summed E-state index contributed by atoms with van der Waals surface area (Å²) in [6.07, 6.45) is 0. The first-order valence-corrected chi connectivity index (χ1v) is 8.70. The number of rotatable bonds is 6. The zero-order valence-corrected chi connectivity index (χ0v) is 15.9. The van der Waals surface area contributed by atoms with E-state index in [4.69, 9.17) is 28.9 Å². The van der Waals surface area contributed by atoms with Crippen molar-refractivity contribution >= 4 is 63.3 Å². The van der Waals surface area contributed by atoms with Crippen LogP contribution in [0, 0.1) is 20.2 Å². The lowest BCUT2D eigenvalue weighted by Gasteiger charge is -2.13. The lowest BCUT2D eigenvalue weighted by molar-refractivity contribution is -0.391. The largest absolute Gasteiger partial charge is 0.387 e. The Bertz CT molecular complexity index is 1040. The molecule has 0 spiro atoms. The van der Waals surface area contributed by atoms with Gasteiger partial charge in [-0.15, -0.1) is 0 Å². The summed E-state index contributed by atoms with van der Waals surface area (Å²) in [6.45, 7) is 0. The number of nitrogens with two attached hydrogens (primary N) is 1. The zero-order valence-electron chi connectivity index (χ0n) is 14.4. The fourth-order valence-corrected chi connectivity index (χ4v) is 2.88. The summed E-state index contributed by atoms with van der Waals surface area (Å²) >= 11 is 12.2. The first kappa shape index (κ1) is 20.1. The molecule has 0 bridgehead atoms. The first-order valence-electron chi connectivity index (χ1n) is 7.95. The third-order valence-corrected chi connectivity index (χ3v) is 4.46. The van der Waals surface area contributed by atoms with Crippen LogP contribution in [0.3, 0.4) is 0 Å². The Morgan fingerprint density at radius 1 is 0.793 bits per heavy atom. The van der Waals surface area contributed by atoms with Crippen molar-refractivity contribution in [3.8, 4) is 0 Å². The van der Waals surface area contributed by atoms with Gasteiger partial charge in [0.15, 0.2) is 5.69 Å². The smallest absolute Gasteiger partial charge is 0.341 e. The fraction of sp³-hybridized carbons (Fsp3) is 0. The monoisotopic (exact) mass is 434 g/mol. The SMILES string of the molecule is Nc1c([N+](=O)[O-])c(Nc2ccccc2Cl)nc(Nc2ccccc2Cl)c1[N+](=O)[O-]. The van der Waals surface area contributed by atoms with Crippen molar-refractivity contribution in [2.75, 3.05) is 16.4 Å². The third-order valence-electron chi connectivity index (χ3n) is 3.80. The number of para-hydroxylation sites is 2. The number of aromatic nitrogens is 1. The highest BCUT2D eigenvalue weighted by molar-refractivity contribution is 6.33. The van der Waals surface area contributed by atoms with Crippen LogP contribution in [0.15, 0.2) is 48.5 Å². The van der Waals surface area contributed by atoms with Crippen LogP contribution in [0.2, 0.25) is 10.0 Å². The normalized spacial score (nSPS) is 10.4. The predicted molar refractivity (Wildman–Crippen MR) is 111 cm³/mol. The van der Waals surface area contributed by atoms with E-state index >= 15 is 0 Å². The van der Waals surface area contributed by atoms with Gasteiger partial charge in [0, 0.05) is 0 Å². The molecule has 0 amide bonds. The zero-order chi connectivity index (χ0) is 21.1. The van der Waals surface area contributed by atoms with E-state index < -0.39 is 26.9 Å². The Morgan fingerprint density at radius 3 is 1.52 bits per heavy atom. The standard InChI is InChI=1S/C17H12Cl2N6O4/c18-9-5-1-3-7-11(9)21-16-14(24(26)27)13(20)15(25(28)29)17(23-16)22-12-8-4-2-6-10(12)19/h1-8H,(H4,20,21,22,23). The molecule has 3 aromatic rings. The number of nitro groups is 2. The average Bonchev–Trinajstić information content (AvgIpc) is 2.64. The van der Waals surface area contributed by atoms with Crippen LogP contribution in [0.1, 0.15) is 0 Å². The summed E-state index contributed by atoms with van der Waals surface area (Å²) < 4.78 is 0. The minimum Gasteiger partial charge on any atom is -0.387 e. The van der Waals surface area contributed by atoms with E-state index in [9.17, 15) is 20.2 Å². The van der Waals surface area contributed by atoms with E-state index in [2.05, 4.69) is 15.6 Å². The third kappa shape index (κ3) is 4.13. The summed E-state index contributed by atoms with van der Waals surface area (Å²) in [5.74, 6) is -0.637. The molecule has 1 heterocycles. The number of benzene rings is 2. The molecule has 0 saturated carbocycles. The molecule has 2 aromatic carbocycles. The topological polar surface area (TPSA) is 149 Å². The number of anilines is 5. The maximum absolute atomic E-state index is 11.6. The molecular weight excluding hydrogens is 423 g/mol. The van der Waals surface area contributed by atoms with Crippen LogP contribution < -0.4 is 16.4 Å². The Labute approximate surface area is 173 Å². The van der Waals surface area contributed by atoms with Crippen LogP contribution >= 0.6 is 23.2 Å². The molecule has 0 aliphatic rings. The Hall–Kier alpha value is -3.63. The quantitative estimate of drug-likeness (QED) is 0.350. The molecule has 0 aliphatic carbocycles. The van der Waals surface area contributed by atoms with Gasteiger partial charge in [-0.25, -0.2) is 0 Å². The molecule has 4 N–H and O–H groups in total. The van der Waals surface area contributed by atoms with Gasteiger partial charge in [0.05, 0.1) is 31.3 Å². The molecule has 0 atom stereocenters. The molecule has 0 saturated heterocycles. The summed E-state index contributed by atoms with van der Waals surface area (Å²) in [5, 5.41) is 29.1. The van der Waals surface area contributed by atoms with Crippen molar-refractivity contribution in [2.45, 2.75) is 0 Å². The predicted octanol–water partition coefficient (Wildman–Crippen LogP) is 5.27. The highest BCUT2D eigenvalue weighted by Gasteiger charge is 2.33. The van der Waals surface area contributed by atoms with E-state index in [1.807, 2.05) is 0 Å². The Morgan fingerprint density at radius 2 is 1.17 bits per heavy atom. The molecule has 0 radical (unpaired) electrons. The number of pyridine rings is 1. The van der Waals surface area contributed by atoms with Crippen molar-refractivity contribution in [3.05, 3.63) is 78.8 Å². The Balaban J connectivity index is 2.20. The average molecular weight is 435 g/mol. The number of nitrogen functional groups attached to an aromatic ring is 1. The summed E-state index contributed by atoms with van der Waals surface area (Å²) in [7, 11) is 0. The lowest BCUT2D eigenvalue weighted by atomic mass is 10.2. The molecule has 0 aliphatic heterocycles. The minimum atomic E-state index is -0.853. The van der Waals surface area contributed by atoms with Crippen molar-refractivity contribution in [1.29, 1.82) is 0 Å². The molecular formula is C17H12Cl2N6O4. The van der Waals surface area contributed by atoms with Gasteiger partial charge in [0.1, 0.15) is 0 Å². The second kappa shape index (κ2) is 8.17. The van der Waals surface area contributed by atoms with E-state index in [1.165, 1.54) is 0 Å². The number of nitrogens with zero attached hydrogens (tertiary/aromatic N) is 3. The van der Waals surface area contributed by atoms with Crippen LogP contribution in [-0.4, -0.2) is 14.8 Å². The molecule has 12 heteroatoms. The van der Waals surface area contributed by atoms with Crippen molar-refractivity contribution in [2.24, 2.45) is 0 Å². The van der Waals surface area contributed by atoms with E-state index in [0.717, 1.165) is 0 Å². The molecule has 0 fully saturated rings. The van der Waals surface area contributed by atoms with Gasteiger partial charge in [-0.2, -0.15) is 4.98 Å². The van der Waals surface area contributed by atoms with Gasteiger partial charge in [-0.3, -0.25) is 20.2 Å². The first-order chi connectivity index (χ1) is 13.8. The number of hydrogen-bond acceptors (Lipinski definition) is 8. The van der Waals surface area contributed by atoms with Crippen molar-refractivity contribution in [3.63, 3.8) is 0 Å². The van der Waals surface area contributed by atoms with Crippen LogP contribution in [0.5, 0.6) is 0 Å². The minimum absolute atomic E-state index is 0.265. The van der Waals surface area contributed by atoms with Crippen molar-refractivity contribution in [1.82, 2.24) is 4.98 Å². The number of nitrogens with one attached hydrogen (secondary N) is 2. The molecule has 1 aromatic heterocycles. The van der Waals surface area contributed by atoms with Gasteiger partial charge in [0.2, 0.25) is 11.6 Å². The molecule has 29 heavy (non-hydrogen) atoms. The maximum atomic E-state index is 11.6. The molecule has 10 nitrogen and oxygen atoms in total. The summed E-state index contributed by atoms with van der Waals surface area (Å²) in [5.41, 5.74) is 4.25. The van der Waals surface area contributed by atoms with Crippen LogP contribution in [-0.2, 0) is 0 Å². The van der Waals surface area contributed by atoms with E-state index in [-0.39, 0.29) is 21.7 Å². The molecule has 3 rings (SSSR count). The highest BCUT2D eigenvalue weighted by Crippen LogP contribution is 2.43. The molecule has 148 valence electrons. The van der Waals surface area contributed by atoms with Crippen molar-refractivity contribution < 1.29 is 9.85 Å². The fourth-order valence-electron chi connectivity index (χ4n) is 2.51. The number of hydrogen-bond donors (Lipinski definition) is 3.